The second-order valence-electron chi connectivity index (χ2n) is 4.69. The zero-order valence-corrected chi connectivity index (χ0v) is 10.7. The highest BCUT2D eigenvalue weighted by Gasteiger charge is 2.26. The molecule has 1 aliphatic heterocycles. The van der Waals surface area contributed by atoms with Crippen LogP contribution < -0.4 is 16.4 Å². The van der Waals surface area contributed by atoms with Crippen LogP contribution in [0.2, 0.25) is 0 Å². The molecule has 0 bridgehead atoms. The average Bonchev–Trinajstić information content (AvgIpc) is 3.00. The van der Waals surface area contributed by atoms with Gasteiger partial charge in [-0.05, 0) is 12.1 Å². The normalized spacial score (nSPS) is 13.9. The fraction of sp³-hybridized carbons (Fsp3) is 0.154. The Morgan fingerprint density at radius 1 is 0.950 bits per heavy atom. The van der Waals surface area contributed by atoms with Gasteiger partial charge in [-0.2, -0.15) is 9.97 Å². The van der Waals surface area contributed by atoms with Gasteiger partial charge in [0.2, 0.25) is 11.9 Å². The second kappa shape index (κ2) is 3.83. The number of imidazole rings is 1. The largest absolute Gasteiger partial charge is 0.382 e. The SMILES string of the molecule is Nc1nc(N)c2nc3n(c2n1)CCN3c1ccccc1. The maximum absolute atomic E-state index is 5.88. The highest BCUT2D eigenvalue weighted by Crippen LogP contribution is 2.33. The standard InChI is InChI=1S/C13H13N7/c14-10-9-11(18-12(15)17-10)20-7-6-19(13(20)16-9)8-4-2-1-3-5-8/h1-5H,6-7H2,(H4,14,15,17,18). The van der Waals surface area contributed by atoms with Crippen molar-refractivity contribution in [1.29, 1.82) is 0 Å². The van der Waals surface area contributed by atoms with Crippen molar-refractivity contribution in [3.63, 3.8) is 0 Å². The van der Waals surface area contributed by atoms with Gasteiger partial charge in [0.05, 0.1) is 0 Å². The Labute approximate surface area is 114 Å². The number of nitrogens with two attached hydrogens (primary N) is 2. The summed E-state index contributed by atoms with van der Waals surface area (Å²) in [6.45, 7) is 1.66. The number of anilines is 4. The summed E-state index contributed by atoms with van der Waals surface area (Å²) in [5.74, 6) is 1.33. The van der Waals surface area contributed by atoms with E-state index < -0.39 is 0 Å². The number of hydrogen-bond acceptors (Lipinski definition) is 6. The maximum atomic E-state index is 5.88. The molecule has 2 aromatic heterocycles. The number of fused-ring (bicyclic) bond motifs is 3. The Kier molecular flexibility index (Phi) is 2.11. The highest BCUT2D eigenvalue weighted by molar-refractivity contribution is 5.86. The van der Waals surface area contributed by atoms with Crippen molar-refractivity contribution in [2.45, 2.75) is 6.54 Å². The molecule has 0 amide bonds. The molecule has 0 fully saturated rings. The van der Waals surface area contributed by atoms with E-state index in [1.54, 1.807) is 0 Å². The Hall–Kier alpha value is -2.83. The van der Waals surface area contributed by atoms with Gasteiger partial charge >= 0.3 is 0 Å². The van der Waals surface area contributed by atoms with Crippen LogP contribution in [-0.2, 0) is 6.54 Å². The lowest BCUT2D eigenvalue weighted by molar-refractivity contribution is 0.816. The van der Waals surface area contributed by atoms with E-state index in [0.717, 1.165) is 24.7 Å². The van der Waals surface area contributed by atoms with E-state index >= 15 is 0 Å². The summed E-state index contributed by atoms with van der Waals surface area (Å²) in [4.78, 5) is 14.9. The van der Waals surface area contributed by atoms with E-state index in [1.807, 2.05) is 22.8 Å². The zero-order valence-electron chi connectivity index (χ0n) is 10.7. The quantitative estimate of drug-likeness (QED) is 0.686. The second-order valence-corrected chi connectivity index (χ2v) is 4.69. The Balaban J connectivity index is 1.92. The first-order chi connectivity index (χ1) is 9.74. The first kappa shape index (κ1) is 11.0. The number of aromatic nitrogens is 4. The van der Waals surface area contributed by atoms with Crippen molar-refractivity contribution >= 4 is 34.6 Å². The summed E-state index contributed by atoms with van der Waals surface area (Å²) in [7, 11) is 0. The number of hydrogen-bond donors (Lipinski definition) is 2. The molecule has 20 heavy (non-hydrogen) atoms. The molecule has 0 radical (unpaired) electrons. The summed E-state index contributed by atoms with van der Waals surface area (Å²) < 4.78 is 2.02. The van der Waals surface area contributed by atoms with Crippen LogP contribution in [-0.4, -0.2) is 26.1 Å². The van der Waals surface area contributed by atoms with Gasteiger partial charge in [-0.1, -0.05) is 18.2 Å². The molecular weight excluding hydrogens is 254 g/mol. The smallest absolute Gasteiger partial charge is 0.224 e. The summed E-state index contributed by atoms with van der Waals surface area (Å²) in [6.07, 6.45) is 0. The molecule has 0 saturated heterocycles. The van der Waals surface area contributed by atoms with Gasteiger partial charge in [0.1, 0.15) is 0 Å². The lowest BCUT2D eigenvalue weighted by atomic mass is 10.3. The fourth-order valence-electron chi connectivity index (χ4n) is 2.59. The van der Waals surface area contributed by atoms with Crippen LogP contribution in [0.1, 0.15) is 0 Å². The zero-order chi connectivity index (χ0) is 13.7. The van der Waals surface area contributed by atoms with Crippen LogP contribution in [0.15, 0.2) is 30.3 Å². The molecule has 0 spiro atoms. The van der Waals surface area contributed by atoms with Gasteiger partial charge in [0.15, 0.2) is 17.0 Å². The van der Waals surface area contributed by atoms with Crippen molar-refractivity contribution in [1.82, 2.24) is 19.5 Å². The molecule has 4 N–H and O–H groups in total. The minimum Gasteiger partial charge on any atom is -0.382 e. The third-order valence-electron chi connectivity index (χ3n) is 3.48. The molecule has 3 heterocycles. The predicted octanol–water partition coefficient (Wildman–Crippen LogP) is 1.14. The van der Waals surface area contributed by atoms with Gasteiger partial charge in [-0.15, -0.1) is 0 Å². The molecule has 0 atom stereocenters. The first-order valence-electron chi connectivity index (χ1n) is 6.36. The van der Waals surface area contributed by atoms with Crippen molar-refractivity contribution in [2.24, 2.45) is 0 Å². The van der Waals surface area contributed by atoms with E-state index in [9.17, 15) is 0 Å². The molecular formula is C13H13N7. The lowest BCUT2D eigenvalue weighted by Gasteiger charge is -2.15. The molecule has 0 unspecified atom stereocenters. The van der Waals surface area contributed by atoms with Crippen molar-refractivity contribution < 1.29 is 0 Å². The monoisotopic (exact) mass is 267 g/mol. The molecule has 0 saturated carbocycles. The van der Waals surface area contributed by atoms with Gasteiger partial charge in [0.25, 0.3) is 0 Å². The van der Waals surface area contributed by atoms with Crippen molar-refractivity contribution in [3.05, 3.63) is 30.3 Å². The number of nitrogen functional groups attached to an aromatic ring is 2. The molecule has 0 aliphatic carbocycles. The van der Waals surface area contributed by atoms with Crippen molar-refractivity contribution in [2.75, 3.05) is 22.9 Å². The van der Waals surface area contributed by atoms with E-state index in [1.165, 1.54) is 0 Å². The summed E-state index contributed by atoms with van der Waals surface area (Å²) >= 11 is 0. The van der Waals surface area contributed by atoms with Gasteiger partial charge in [-0.3, -0.25) is 4.57 Å². The topological polar surface area (TPSA) is 98.9 Å². The molecule has 3 aromatic rings. The van der Waals surface area contributed by atoms with E-state index in [4.69, 9.17) is 11.5 Å². The number of benzene rings is 1. The van der Waals surface area contributed by atoms with Crippen LogP contribution in [0.5, 0.6) is 0 Å². The third kappa shape index (κ3) is 1.43. The maximum Gasteiger partial charge on any atom is 0.224 e. The molecule has 7 heteroatoms. The number of nitrogens with zero attached hydrogens (tertiary/aromatic N) is 5. The minimum atomic E-state index is 0.177. The molecule has 1 aliphatic rings. The Bertz CT molecular complexity index is 793. The van der Waals surface area contributed by atoms with E-state index in [0.29, 0.717) is 17.0 Å². The van der Waals surface area contributed by atoms with Crippen LogP contribution in [0.3, 0.4) is 0 Å². The fourth-order valence-corrected chi connectivity index (χ4v) is 2.59. The Morgan fingerprint density at radius 2 is 1.75 bits per heavy atom. The van der Waals surface area contributed by atoms with Crippen LogP contribution in [0, 0.1) is 0 Å². The molecule has 4 rings (SSSR count). The third-order valence-corrected chi connectivity index (χ3v) is 3.48. The number of rotatable bonds is 1. The molecule has 7 nitrogen and oxygen atoms in total. The lowest BCUT2D eigenvalue weighted by Crippen LogP contribution is -2.14. The first-order valence-corrected chi connectivity index (χ1v) is 6.36. The minimum absolute atomic E-state index is 0.177. The van der Waals surface area contributed by atoms with Gasteiger partial charge < -0.3 is 16.4 Å². The Morgan fingerprint density at radius 3 is 2.55 bits per heavy atom. The van der Waals surface area contributed by atoms with Gasteiger partial charge in [0, 0.05) is 18.8 Å². The summed E-state index contributed by atoms with van der Waals surface area (Å²) in [5, 5.41) is 0. The molecule has 1 aromatic carbocycles. The number of para-hydroxylation sites is 1. The summed E-state index contributed by atoms with van der Waals surface area (Å²) in [5.41, 5.74) is 13.9. The molecule has 100 valence electrons. The van der Waals surface area contributed by atoms with Crippen LogP contribution >= 0.6 is 0 Å². The van der Waals surface area contributed by atoms with Crippen LogP contribution in [0.4, 0.5) is 23.4 Å². The predicted molar refractivity (Wildman–Crippen MR) is 77.6 cm³/mol. The van der Waals surface area contributed by atoms with E-state index in [2.05, 4.69) is 32.0 Å². The highest BCUT2D eigenvalue weighted by atomic mass is 15.4. The summed E-state index contributed by atoms with van der Waals surface area (Å²) in [6, 6.07) is 10.1. The van der Waals surface area contributed by atoms with Gasteiger partial charge in [-0.25, -0.2) is 4.98 Å². The van der Waals surface area contributed by atoms with Crippen LogP contribution in [0.25, 0.3) is 11.2 Å². The van der Waals surface area contributed by atoms with E-state index in [-0.39, 0.29) is 5.95 Å². The van der Waals surface area contributed by atoms with Crippen molar-refractivity contribution in [3.8, 4) is 0 Å². The average molecular weight is 267 g/mol.